The highest BCUT2D eigenvalue weighted by molar-refractivity contribution is 7.16. The molecule has 9 nitrogen and oxygen atoms in total. The lowest BCUT2D eigenvalue weighted by Crippen LogP contribution is -2.22. The zero-order valence-corrected chi connectivity index (χ0v) is 16.5. The lowest BCUT2D eigenvalue weighted by molar-refractivity contribution is -0.141. The van der Waals surface area contributed by atoms with Crippen molar-refractivity contribution in [3.63, 3.8) is 0 Å². The van der Waals surface area contributed by atoms with Crippen LogP contribution in [0.4, 0.5) is 0 Å². The van der Waals surface area contributed by atoms with E-state index in [-0.39, 0.29) is 13.3 Å². The summed E-state index contributed by atoms with van der Waals surface area (Å²) >= 11 is 1.27. The van der Waals surface area contributed by atoms with Crippen LogP contribution in [0.5, 0.6) is 11.5 Å². The van der Waals surface area contributed by atoms with Crippen LogP contribution >= 0.6 is 11.3 Å². The van der Waals surface area contributed by atoms with Crippen molar-refractivity contribution in [2.75, 3.05) is 13.9 Å². The molecule has 1 aliphatic heterocycles. The smallest absolute Gasteiger partial charge is 0.325 e. The molecule has 0 spiro atoms. The maximum atomic E-state index is 12.9. The molecule has 2 aromatic carbocycles. The Balaban J connectivity index is 1.64. The summed E-state index contributed by atoms with van der Waals surface area (Å²) in [6.07, 6.45) is 3.15. The molecule has 5 rings (SSSR count). The van der Waals surface area contributed by atoms with E-state index in [1.165, 1.54) is 18.4 Å². The molecule has 3 heterocycles. The van der Waals surface area contributed by atoms with E-state index in [0.717, 1.165) is 4.70 Å². The van der Waals surface area contributed by atoms with Gasteiger partial charge in [-0.25, -0.2) is 0 Å². The van der Waals surface area contributed by atoms with Gasteiger partial charge in [0.05, 0.1) is 28.4 Å². The number of carbonyl (C=O) groups excluding carboxylic acids is 2. The predicted molar refractivity (Wildman–Crippen MR) is 107 cm³/mol. The number of rotatable bonds is 3. The Bertz CT molecular complexity index is 1390. The van der Waals surface area contributed by atoms with Crippen LogP contribution in [-0.4, -0.2) is 40.3 Å². The number of carbonyl (C=O) groups is 2. The molecule has 2 aromatic heterocycles. The molecule has 4 aromatic rings. The van der Waals surface area contributed by atoms with Crippen LogP contribution in [0.15, 0.2) is 47.7 Å². The van der Waals surface area contributed by atoms with Crippen LogP contribution in [0.25, 0.3) is 21.3 Å². The minimum atomic E-state index is -0.456. The van der Waals surface area contributed by atoms with Gasteiger partial charge < -0.3 is 18.8 Å². The van der Waals surface area contributed by atoms with E-state index in [4.69, 9.17) is 14.2 Å². The number of amides is 1. The normalized spacial score (nSPS) is 13.2. The molecule has 0 fully saturated rings. The Labute approximate surface area is 173 Å². The second-order valence-electron chi connectivity index (χ2n) is 6.40. The zero-order valence-electron chi connectivity index (χ0n) is 15.7. The molecule has 0 saturated carbocycles. The van der Waals surface area contributed by atoms with E-state index < -0.39 is 11.9 Å². The van der Waals surface area contributed by atoms with E-state index in [1.807, 2.05) is 6.07 Å². The molecular formula is C20H14N4O5S. The van der Waals surface area contributed by atoms with Gasteiger partial charge in [0, 0.05) is 30.1 Å². The first kappa shape index (κ1) is 18.3. The molecule has 1 aliphatic rings. The summed E-state index contributed by atoms with van der Waals surface area (Å²) in [6.45, 7) is 0.0512. The highest BCUT2D eigenvalue weighted by atomic mass is 32.1. The van der Waals surface area contributed by atoms with Crippen molar-refractivity contribution in [3.8, 4) is 11.5 Å². The molecule has 0 atom stereocenters. The van der Waals surface area contributed by atoms with Crippen LogP contribution < -0.4 is 14.3 Å². The Morgan fingerprint density at radius 2 is 1.90 bits per heavy atom. The van der Waals surface area contributed by atoms with Gasteiger partial charge in [-0.05, 0) is 18.2 Å². The molecule has 150 valence electrons. The van der Waals surface area contributed by atoms with E-state index in [0.29, 0.717) is 38.4 Å². The molecule has 0 N–H and O–H groups in total. The minimum absolute atomic E-state index is 0.0918. The molecular weight excluding hydrogens is 408 g/mol. The maximum Gasteiger partial charge on any atom is 0.325 e. The van der Waals surface area contributed by atoms with Gasteiger partial charge in [-0.15, -0.1) is 0 Å². The summed E-state index contributed by atoms with van der Waals surface area (Å²) in [4.78, 5) is 37.9. The highest BCUT2D eigenvalue weighted by Crippen LogP contribution is 2.37. The lowest BCUT2D eigenvalue weighted by Gasteiger charge is -2.04. The molecule has 30 heavy (non-hydrogen) atoms. The average Bonchev–Trinajstić information content (AvgIpc) is 3.35. The number of fused-ring (bicyclic) bond motifs is 3. The monoisotopic (exact) mass is 422 g/mol. The van der Waals surface area contributed by atoms with Gasteiger partial charge in [-0.1, -0.05) is 11.3 Å². The first-order valence-corrected chi connectivity index (χ1v) is 9.73. The van der Waals surface area contributed by atoms with Crippen molar-refractivity contribution in [3.05, 3.63) is 53.1 Å². The number of hydrogen-bond donors (Lipinski definition) is 0. The Kier molecular flexibility index (Phi) is 4.40. The number of esters is 1. The zero-order chi connectivity index (χ0) is 20.7. The van der Waals surface area contributed by atoms with Crippen LogP contribution in [-0.2, 0) is 16.1 Å². The van der Waals surface area contributed by atoms with Crippen LogP contribution in [0.1, 0.15) is 10.4 Å². The van der Waals surface area contributed by atoms with Crippen LogP contribution in [0.3, 0.4) is 0 Å². The molecule has 0 aliphatic carbocycles. The van der Waals surface area contributed by atoms with Gasteiger partial charge in [-0.3, -0.25) is 19.6 Å². The Hall–Kier alpha value is -3.79. The van der Waals surface area contributed by atoms with Crippen LogP contribution in [0.2, 0.25) is 0 Å². The van der Waals surface area contributed by atoms with Gasteiger partial charge in [0.15, 0.2) is 16.3 Å². The molecule has 0 saturated heterocycles. The highest BCUT2D eigenvalue weighted by Gasteiger charge is 2.19. The summed E-state index contributed by atoms with van der Waals surface area (Å²) in [7, 11) is 1.31. The molecule has 10 heteroatoms. The number of nitrogens with zero attached hydrogens (tertiary/aromatic N) is 4. The lowest BCUT2D eigenvalue weighted by atomic mass is 10.2. The minimum Gasteiger partial charge on any atom is -0.468 e. The van der Waals surface area contributed by atoms with E-state index in [2.05, 4.69) is 15.0 Å². The van der Waals surface area contributed by atoms with Gasteiger partial charge >= 0.3 is 5.97 Å². The molecule has 0 unspecified atom stereocenters. The van der Waals surface area contributed by atoms with Crippen LogP contribution in [0, 0.1) is 0 Å². The molecule has 0 radical (unpaired) electrons. The number of benzene rings is 2. The Morgan fingerprint density at radius 3 is 2.70 bits per heavy atom. The fourth-order valence-corrected chi connectivity index (χ4v) is 4.18. The van der Waals surface area contributed by atoms with Crippen molar-refractivity contribution < 1.29 is 23.8 Å². The second kappa shape index (κ2) is 7.23. The summed E-state index contributed by atoms with van der Waals surface area (Å²) in [5.74, 6) is 0.278. The van der Waals surface area contributed by atoms with Gasteiger partial charge in [-0.2, -0.15) is 4.99 Å². The standard InChI is InChI=1S/C20H14N4O5S/c1-27-18(25)9-24-14-7-15-16(29-10-28-15)8-17(14)30-20(24)23-19(26)11-2-3-12-13(6-11)22-5-4-21-12/h2-8H,9-10H2,1H3. The van der Waals surface area contributed by atoms with Crippen molar-refractivity contribution in [1.82, 2.24) is 14.5 Å². The van der Waals surface area contributed by atoms with E-state index >= 15 is 0 Å². The number of thiazole rings is 1. The average molecular weight is 422 g/mol. The van der Waals surface area contributed by atoms with Crippen molar-refractivity contribution >= 4 is 44.5 Å². The van der Waals surface area contributed by atoms with Gasteiger partial charge in [0.25, 0.3) is 5.91 Å². The third-order valence-corrected chi connectivity index (χ3v) is 5.65. The Morgan fingerprint density at radius 1 is 1.13 bits per heavy atom. The SMILES string of the molecule is COC(=O)Cn1c(=NC(=O)c2ccc3nccnc3c2)sc2cc3c(cc21)OCO3. The first-order valence-electron chi connectivity index (χ1n) is 8.92. The first-order chi connectivity index (χ1) is 14.6. The van der Waals surface area contributed by atoms with Crippen molar-refractivity contribution in [2.45, 2.75) is 6.54 Å². The largest absolute Gasteiger partial charge is 0.468 e. The van der Waals surface area contributed by atoms with Crippen molar-refractivity contribution in [2.24, 2.45) is 4.99 Å². The quantitative estimate of drug-likeness (QED) is 0.467. The third-order valence-electron chi connectivity index (χ3n) is 4.61. The number of aromatic nitrogens is 3. The fraction of sp³-hybridized carbons (Fsp3) is 0.150. The predicted octanol–water partition coefficient (Wildman–Crippen LogP) is 2.29. The topological polar surface area (TPSA) is 105 Å². The van der Waals surface area contributed by atoms with Gasteiger partial charge in [0.1, 0.15) is 6.54 Å². The summed E-state index contributed by atoms with van der Waals surface area (Å²) in [5, 5.41) is 0. The number of ether oxygens (including phenoxy) is 3. The fourth-order valence-electron chi connectivity index (χ4n) is 3.14. The van der Waals surface area contributed by atoms with E-state index in [1.54, 1.807) is 41.2 Å². The summed E-state index contributed by atoms with van der Waals surface area (Å²) in [6, 6.07) is 8.59. The van der Waals surface area contributed by atoms with E-state index in [9.17, 15) is 9.59 Å². The summed E-state index contributed by atoms with van der Waals surface area (Å²) in [5.41, 5.74) is 2.36. The molecule has 0 bridgehead atoms. The number of methoxy groups -OCH3 is 1. The third kappa shape index (κ3) is 3.16. The number of hydrogen-bond acceptors (Lipinski definition) is 8. The van der Waals surface area contributed by atoms with Crippen molar-refractivity contribution in [1.29, 1.82) is 0 Å². The summed E-state index contributed by atoms with van der Waals surface area (Å²) < 4.78 is 18.1. The maximum absolute atomic E-state index is 12.9. The van der Waals surface area contributed by atoms with Gasteiger partial charge in [0.2, 0.25) is 6.79 Å². The second-order valence-corrected chi connectivity index (χ2v) is 7.41. The molecule has 1 amide bonds.